The zero-order chi connectivity index (χ0) is 14.3. The molecule has 0 radical (unpaired) electrons. The summed E-state index contributed by atoms with van der Waals surface area (Å²) in [7, 11) is 0. The summed E-state index contributed by atoms with van der Waals surface area (Å²) in [6, 6.07) is 0.329. The maximum atomic E-state index is 5.71. The molecule has 4 aliphatic rings. The highest BCUT2D eigenvalue weighted by Gasteiger charge is 2.40. The molecular weight excluding hydrogens is 266 g/mol. The van der Waals surface area contributed by atoms with E-state index in [1.165, 1.54) is 19.5 Å². The fraction of sp³-hybridized carbons (Fsp3) is 0.867. The van der Waals surface area contributed by atoms with Gasteiger partial charge in [-0.05, 0) is 25.8 Å². The standard InChI is InChI=1S/C15H25N5O/c1-2-15(4-3-5-16-11-15)14-17-13(18-21-14)12-10-19-6-8-20(12)9-7-19/h12,16H,2-11H2,1H3. The first kappa shape index (κ1) is 13.7. The molecule has 2 atom stereocenters. The third-order valence-electron chi connectivity index (χ3n) is 5.62. The van der Waals surface area contributed by atoms with Crippen LogP contribution in [0.3, 0.4) is 0 Å². The number of rotatable bonds is 3. The lowest BCUT2D eigenvalue weighted by Gasteiger charge is -2.46. The van der Waals surface area contributed by atoms with Crippen molar-refractivity contribution < 1.29 is 4.52 Å². The Hall–Kier alpha value is -0.980. The fourth-order valence-corrected chi connectivity index (χ4v) is 4.05. The van der Waals surface area contributed by atoms with E-state index in [1.807, 2.05) is 0 Å². The van der Waals surface area contributed by atoms with E-state index in [0.717, 1.165) is 57.3 Å². The largest absolute Gasteiger partial charge is 0.339 e. The molecule has 1 aromatic rings. The minimum absolute atomic E-state index is 0.0484. The number of hydrogen-bond donors (Lipinski definition) is 1. The first-order chi connectivity index (χ1) is 10.3. The van der Waals surface area contributed by atoms with Gasteiger partial charge in [-0.25, -0.2) is 0 Å². The molecule has 1 aromatic heterocycles. The molecule has 0 saturated carbocycles. The number of piperazine rings is 3. The number of fused-ring (bicyclic) bond motifs is 3. The second-order valence-corrected chi connectivity index (χ2v) is 6.72. The van der Waals surface area contributed by atoms with Crippen LogP contribution in [-0.4, -0.2) is 65.8 Å². The van der Waals surface area contributed by atoms with Gasteiger partial charge in [0.2, 0.25) is 5.89 Å². The molecule has 21 heavy (non-hydrogen) atoms. The third-order valence-corrected chi connectivity index (χ3v) is 5.62. The Morgan fingerprint density at radius 2 is 2.19 bits per heavy atom. The fourth-order valence-electron chi connectivity index (χ4n) is 4.05. The highest BCUT2D eigenvalue weighted by atomic mass is 16.5. The van der Waals surface area contributed by atoms with Gasteiger partial charge in [0.1, 0.15) is 0 Å². The lowest BCUT2D eigenvalue weighted by molar-refractivity contribution is 0.00780. The summed E-state index contributed by atoms with van der Waals surface area (Å²) in [5.41, 5.74) is 0.0484. The van der Waals surface area contributed by atoms with Crippen molar-refractivity contribution in [2.45, 2.75) is 37.6 Å². The minimum atomic E-state index is 0.0484. The topological polar surface area (TPSA) is 57.4 Å². The van der Waals surface area contributed by atoms with Crippen molar-refractivity contribution >= 4 is 0 Å². The van der Waals surface area contributed by atoms with Crippen molar-refractivity contribution in [1.29, 1.82) is 0 Å². The van der Waals surface area contributed by atoms with E-state index in [0.29, 0.717) is 6.04 Å². The Balaban J connectivity index is 1.57. The van der Waals surface area contributed by atoms with Gasteiger partial charge in [-0.15, -0.1) is 0 Å². The molecule has 4 fully saturated rings. The van der Waals surface area contributed by atoms with E-state index in [-0.39, 0.29) is 5.41 Å². The molecule has 116 valence electrons. The predicted molar refractivity (Wildman–Crippen MR) is 79.1 cm³/mol. The molecule has 6 heteroatoms. The smallest absolute Gasteiger partial charge is 0.234 e. The average Bonchev–Trinajstić information content (AvgIpc) is 3.07. The summed E-state index contributed by atoms with van der Waals surface area (Å²) >= 11 is 0. The van der Waals surface area contributed by atoms with Gasteiger partial charge in [0.15, 0.2) is 5.82 Å². The predicted octanol–water partition coefficient (Wildman–Crippen LogP) is 0.773. The Morgan fingerprint density at radius 1 is 1.33 bits per heavy atom. The zero-order valence-electron chi connectivity index (χ0n) is 12.8. The van der Waals surface area contributed by atoms with Gasteiger partial charge >= 0.3 is 0 Å². The number of nitrogens with zero attached hydrogens (tertiary/aromatic N) is 4. The van der Waals surface area contributed by atoms with Gasteiger partial charge in [0.25, 0.3) is 0 Å². The van der Waals surface area contributed by atoms with Crippen LogP contribution >= 0.6 is 0 Å². The van der Waals surface area contributed by atoms with Crippen LogP contribution in [0.4, 0.5) is 0 Å². The molecule has 2 unspecified atom stereocenters. The van der Waals surface area contributed by atoms with Crippen LogP contribution in [0.25, 0.3) is 0 Å². The highest BCUT2D eigenvalue weighted by Crippen LogP contribution is 2.35. The van der Waals surface area contributed by atoms with Crippen LogP contribution in [0, 0.1) is 0 Å². The van der Waals surface area contributed by atoms with Gasteiger partial charge in [0, 0.05) is 39.3 Å². The van der Waals surface area contributed by atoms with Crippen LogP contribution in [0.1, 0.15) is 43.9 Å². The van der Waals surface area contributed by atoms with Gasteiger partial charge in [-0.1, -0.05) is 12.1 Å². The van der Waals surface area contributed by atoms with E-state index < -0.39 is 0 Å². The summed E-state index contributed by atoms with van der Waals surface area (Å²) in [5, 5.41) is 7.84. The van der Waals surface area contributed by atoms with Gasteiger partial charge in [-0.2, -0.15) is 4.98 Å². The molecule has 5 rings (SSSR count). The maximum absolute atomic E-state index is 5.71. The summed E-state index contributed by atoms with van der Waals surface area (Å²) in [4.78, 5) is 9.85. The SMILES string of the molecule is CCC1(c2nc(C3CN4CCN3CC4)no2)CCCNC1. The second-order valence-electron chi connectivity index (χ2n) is 6.72. The molecule has 4 saturated heterocycles. The normalized spacial score (nSPS) is 39.6. The zero-order valence-corrected chi connectivity index (χ0v) is 12.8. The van der Waals surface area contributed by atoms with Crippen molar-refractivity contribution in [3.05, 3.63) is 11.7 Å². The lowest BCUT2D eigenvalue weighted by Crippen LogP contribution is -2.57. The van der Waals surface area contributed by atoms with Crippen molar-refractivity contribution in [2.24, 2.45) is 0 Å². The molecular formula is C15H25N5O. The van der Waals surface area contributed by atoms with E-state index in [2.05, 4.69) is 27.2 Å². The average molecular weight is 291 g/mol. The summed E-state index contributed by atoms with van der Waals surface area (Å²) in [6.45, 7) is 9.99. The van der Waals surface area contributed by atoms with Crippen molar-refractivity contribution in [3.8, 4) is 0 Å². The van der Waals surface area contributed by atoms with Crippen LogP contribution in [0.15, 0.2) is 4.52 Å². The number of nitrogens with one attached hydrogen (secondary N) is 1. The molecule has 4 aliphatic heterocycles. The van der Waals surface area contributed by atoms with Crippen molar-refractivity contribution in [2.75, 3.05) is 45.8 Å². The van der Waals surface area contributed by atoms with Crippen molar-refractivity contribution in [1.82, 2.24) is 25.3 Å². The first-order valence-corrected chi connectivity index (χ1v) is 8.32. The molecule has 0 aliphatic carbocycles. The monoisotopic (exact) mass is 291 g/mol. The summed E-state index contributed by atoms with van der Waals surface area (Å²) in [6.07, 6.45) is 3.40. The van der Waals surface area contributed by atoms with Crippen LogP contribution in [0.5, 0.6) is 0 Å². The third kappa shape index (κ3) is 2.29. The Morgan fingerprint density at radius 3 is 2.81 bits per heavy atom. The molecule has 2 bridgehead atoms. The van der Waals surface area contributed by atoms with Crippen LogP contribution in [-0.2, 0) is 5.41 Å². The quantitative estimate of drug-likeness (QED) is 0.888. The van der Waals surface area contributed by atoms with Gasteiger partial charge in [0.05, 0.1) is 11.5 Å². The highest BCUT2D eigenvalue weighted by molar-refractivity contribution is 5.10. The van der Waals surface area contributed by atoms with Crippen LogP contribution < -0.4 is 5.32 Å². The molecule has 5 heterocycles. The Bertz CT molecular complexity index is 488. The van der Waals surface area contributed by atoms with E-state index in [4.69, 9.17) is 9.51 Å². The summed E-state index contributed by atoms with van der Waals surface area (Å²) in [5.74, 6) is 1.75. The number of piperidine rings is 1. The minimum Gasteiger partial charge on any atom is -0.339 e. The second kappa shape index (κ2) is 5.34. The molecule has 0 amide bonds. The summed E-state index contributed by atoms with van der Waals surface area (Å²) < 4.78 is 5.71. The van der Waals surface area contributed by atoms with Gasteiger partial charge in [-0.3, -0.25) is 9.80 Å². The Kier molecular flexibility index (Phi) is 3.47. The first-order valence-electron chi connectivity index (χ1n) is 8.32. The Labute approximate surface area is 125 Å². The molecule has 0 aromatic carbocycles. The van der Waals surface area contributed by atoms with E-state index in [1.54, 1.807) is 0 Å². The molecule has 1 N–H and O–H groups in total. The number of hydrogen-bond acceptors (Lipinski definition) is 6. The van der Waals surface area contributed by atoms with Crippen LogP contribution in [0.2, 0.25) is 0 Å². The maximum Gasteiger partial charge on any atom is 0.234 e. The van der Waals surface area contributed by atoms with Gasteiger partial charge < -0.3 is 9.84 Å². The van der Waals surface area contributed by atoms with E-state index >= 15 is 0 Å². The molecule has 6 nitrogen and oxygen atoms in total. The number of aromatic nitrogens is 2. The van der Waals surface area contributed by atoms with Crippen molar-refractivity contribution in [3.63, 3.8) is 0 Å². The van der Waals surface area contributed by atoms with E-state index in [9.17, 15) is 0 Å². The lowest BCUT2D eigenvalue weighted by atomic mass is 9.78. The molecule has 0 spiro atoms.